The molecule has 3 nitrogen and oxygen atoms in total. The maximum absolute atomic E-state index is 12.1. The van der Waals surface area contributed by atoms with E-state index in [1.165, 1.54) is 0 Å². The van der Waals surface area contributed by atoms with Gasteiger partial charge in [-0.25, -0.2) is 0 Å². The third-order valence-corrected chi connectivity index (χ3v) is 3.09. The van der Waals surface area contributed by atoms with Crippen molar-refractivity contribution in [3.05, 3.63) is 71.2 Å². The van der Waals surface area contributed by atoms with Gasteiger partial charge in [-0.15, -0.1) is 0 Å². The molecule has 2 rings (SSSR count). The normalized spacial score (nSPS) is 9.85. The zero-order valence-electron chi connectivity index (χ0n) is 10.8. The minimum absolute atomic E-state index is 0.154. The monoisotopic (exact) mass is 331 g/mol. The van der Waals surface area contributed by atoms with Crippen molar-refractivity contribution in [1.82, 2.24) is 0 Å². The van der Waals surface area contributed by atoms with E-state index < -0.39 is 0 Å². The van der Waals surface area contributed by atoms with Crippen LogP contribution in [0.5, 0.6) is 5.75 Å². The number of ether oxygens (including phenoxy) is 1. The molecule has 20 heavy (non-hydrogen) atoms. The molecular formula is C16H14BrNO2. The molecule has 0 saturated carbocycles. The molecule has 1 N–H and O–H groups in total. The van der Waals surface area contributed by atoms with Gasteiger partial charge < -0.3 is 10.1 Å². The number of rotatable bonds is 5. The number of halogens is 1. The van der Waals surface area contributed by atoms with E-state index in [2.05, 4.69) is 27.8 Å². The Balaban J connectivity index is 2.07. The molecule has 4 heteroatoms. The summed E-state index contributed by atoms with van der Waals surface area (Å²) >= 11 is 3.34. The average molecular weight is 332 g/mol. The zero-order valence-corrected chi connectivity index (χ0v) is 12.4. The highest BCUT2D eigenvalue weighted by atomic mass is 79.9. The van der Waals surface area contributed by atoms with Crippen molar-refractivity contribution in [2.45, 2.75) is 0 Å². The lowest BCUT2D eigenvalue weighted by molar-refractivity contribution is 0.102. The molecule has 0 aliphatic heterocycles. The smallest absolute Gasteiger partial charge is 0.255 e. The molecule has 0 atom stereocenters. The van der Waals surface area contributed by atoms with Crippen LogP contribution in [0.15, 0.2) is 65.7 Å². The Morgan fingerprint density at radius 2 is 2.00 bits per heavy atom. The van der Waals surface area contributed by atoms with Crippen molar-refractivity contribution in [2.75, 3.05) is 11.9 Å². The minimum atomic E-state index is -0.154. The zero-order chi connectivity index (χ0) is 14.4. The Labute approximate surface area is 126 Å². The SMILES string of the molecule is C=CCOc1cccc(NC(=O)c2ccc(Br)cc2)c1. The number of hydrogen-bond acceptors (Lipinski definition) is 2. The molecule has 0 heterocycles. The van der Waals surface area contributed by atoms with Gasteiger partial charge in [-0.3, -0.25) is 4.79 Å². The van der Waals surface area contributed by atoms with Gasteiger partial charge >= 0.3 is 0 Å². The van der Waals surface area contributed by atoms with Crippen LogP contribution in [0.4, 0.5) is 5.69 Å². The maximum Gasteiger partial charge on any atom is 0.255 e. The van der Waals surface area contributed by atoms with Gasteiger partial charge in [-0.1, -0.05) is 34.7 Å². The van der Waals surface area contributed by atoms with Crippen LogP contribution in [0.3, 0.4) is 0 Å². The van der Waals surface area contributed by atoms with E-state index in [4.69, 9.17) is 4.74 Å². The topological polar surface area (TPSA) is 38.3 Å². The van der Waals surface area contributed by atoms with Gasteiger partial charge in [-0.05, 0) is 36.4 Å². The van der Waals surface area contributed by atoms with Crippen molar-refractivity contribution >= 4 is 27.5 Å². The molecule has 0 radical (unpaired) electrons. The predicted octanol–water partition coefficient (Wildman–Crippen LogP) is 4.27. The van der Waals surface area contributed by atoms with Gasteiger partial charge in [-0.2, -0.15) is 0 Å². The molecule has 2 aromatic rings. The van der Waals surface area contributed by atoms with Crippen molar-refractivity contribution in [3.63, 3.8) is 0 Å². The molecule has 102 valence electrons. The number of anilines is 1. The first-order valence-electron chi connectivity index (χ1n) is 6.10. The van der Waals surface area contributed by atoms with Gasteiger partial charge in [0.1, 0.15) is 12.4 Å². The molecule has 0 aromatic heterocycles. The third-order valence-electron chi connectivity index (χ3n) is 2.57. The lowest BCUT2D eigenvalue weighted by atomic mass is 10.2. The fourth-order valence-corrected chi connectivity index (χ4v) is 1.89. The van der Waals surface area contributed by atoms with E-state index in [0.29, 0.717) is 23.6 Å². The van der Waals surface area contributed by atoms with Crippen LogP contribution in [0.2, 0.25) is 0 Å². The summed E-state index contributed by atoms with van der Waals surface area (Å²) in [5.74, 6) is 0.539. The molecule has 0 aliphatic carbocycles. The molecule has 0 spiro atoms. The Bertz CT molecular complexity index is 608. The van der Waals surface area contributed by atoms with Gasteiger partial charge in [0.05, 0.1) is 0 Å². The first-order valence-corrected chi connectivity index (χ1v) is 6.89. The van der Waals surface area contributed by atoms with Gasteiger partial charge in [0, 0.05) is 21.8 Å². The third kappa shape index (κ3) is 3.96. The van der Waals surface area contributed by atoms with Crippen molar-refractivity contribution in [2.24, 2.45) is 0 Å². The summed E-state index contributed by atoms with van der Waals surface area (Å²) in [6, 6.07) is 14.4. The standard InChI is InChI=1S/C16H14BrNO2/c1-2-10-20-15-5-3-4-14(11-15)18-16(19)12-6-8-13(17)9-7-12/h2-9,11H,1,10H2,(H,18,19). The maximum atomic E-state index is 12.1. The summed E-state index contributed by atoms with van der Waals surface area (Å²) in [5.41, 5.74) is 1.30. The second-order valence-electron chi connectivity index (χ2n) is 4.09. The van der Waals surface area contributed by atoms with Crippen LogP contribution < -0.4 is 10.1 Å². The van der Waals surface area contributed by atoms with Gasteiger partial charge in [0.25, 0.3) is 5.91 Å². The van der Waals surface area contributed by atoms with Crippen LogP contribution in [0.1, 0.15) is 10.4 Å². The number of carbonyl (C=O) groups is 1. The van der Waals surface area contributed by atoms with E-state index in [0.717, 1.165) is 4.47 Å². The quantitative estimate of drug-likeness (QED) is 0.831. The summed E-state index contributed by atoms with van der Waals surface area (Å²) < 4.78 is 6.36. The Morgan fingerprint density at radius 1 is 1.25 bits per heavy atom. The van der Waals surface area contributed by atoms with Crippen molar-refractivity contribution in [1.29, 1.82) is 0 Å². The summed E-state index contributed by atoms with van der Waals surface area (Å²) in [6.07, 6.45) is 1.67. The summed E-state index contributed by atoms with van der Waals surface area (Å²) in [6.45, 7) is 4.03. The van der Waals surface area contributed by atoms with Crippen molar-refractivity contribution < 1.29 is 9.53 Å². The Hall–Kier alpha value is -2.07. The lowest BCUT2D eigenvalue weighted by Gasteiger charge is -2.08. The van der Waals surface area contributed by atoms with E-state index in [1.54, 1.807) is 24.3 Å². The first-order chi connectivity index (χ1) is 9.69. The summed E-state index contributed by atoms with van der Waals surface area (Å²) in [5, 5.41) is 2.83. The summed E-state index contributed by atoms with van der Waals surface area (Å²) in [4.78, 5) is 12.1. The minimum Gasteiger partial charge on any atom is -0.489 e. The number of nitrogens with one attached hydrogen (secondary N) is 1. The van der Waals surface area contributed by atoms with Crippen molar-refractivity contribution in [3.8, 4) is 5.75 Å². The van der Waals surface area contributed by atoms with E-state index in [1.807, 2.05) is 30.3 Å². The van der Waals surface area contributed by atoms with Crippen LogP contribution in [0.25, 0.3) is 0 Å². The van der Waals surface area contributed by atoms with Crippen LogP contribution >= 0.6 is 15.9 Å². The van der Waals surface area contributed by atoms with E-state index in [-0.39, 0.29) is 5.91 Å². The molecule has 0 unspecified atom stereocenters. The Kier molecular flexibility index (Phi) is 4.96. The van der Waals surface area contributed by atoms with Gasteiger partial charge in [0.2, 0.25) is 0 Å². The van der Waals surface area contributed by atoms with E-state index >= 15 is 0 Å². The lowest BCUT2D eigenvalue weighted by Crippen LogP contribution is -2.11. The number of carbonyl (C=O) groups excluding carboxylic acids is 1. The van der Waals surface area contributed by atoms with E-state index in [9.17, 15) is 4.79 Å². The molecule has 0 saturated heterocycles. The number of amides is 1. The molecule has 0 aliphatic rings. The highest BCUT2D eigenvalue weighted by Gasteiger charge is 2.06. The average Bonchev–Trinajstić information content (AvgIpc) is 2.46. The number of hydrogen-bond donors (Lipinski definition) is 1. The molecule has 2 aromatic carbocycles. The second kappa shape index (κ2) is 6.91. The van der Waals surface area contributed by atoms with Crippen LogP contribution in [-0.4, -0.2) is 12.5 Å². The first kappa shape index (κ1) is 14.3. The number of benzene rings is 2. The fraction of sp³-hybridized carbons (Fsp3) is 0.0625. The predicted molar refractivity (Wildman–Crippen MR) is 84.2 cm³/mol. The highest BCUT2D eigenvalue weighted by molar-refractivity contribution is 9.10. The van der Waals surface area contributed by atoms with Gasteiger partial charge in [0.15, 0.2) is 0 Å². The second-order valence-corrected chi connectivity index (χ2v) is 5.00. The largest absolute Gasteiger partial charge is 0.489 e. The fourth-order valence-electron chi connectivity index (χ4n) is 1.62. The highest BCUT2D eigenvalue weighted by Crippen LogP contribution is 2.18. The van der Waals surface area contributed by atoms with Crippen LogP contribution in [0, 0.1) is 0 Å². The molecular weight excluding hydrogens is 318 g/mol. The Morgan fingerprint density at radius 3 is 2.70 bits per heavy atom. The molecule has 1 amide bonds. The molecule has 0 fully saturated rings. The summed E-state index contributed by atoms with van der Waals surface area (Å²) in [7, 11) is 0. The molecule has 0 bridgehead atoms. The van der Waals surface area contributed by atoms with Crippen LogP contribution in [-0.2, 0) is 0 Å².